The van der Waals surface area contributed by atoms with Crippen molar-refractivity contribution < 1.29 is 27.5 Å². The fourth-order valence-electron chi connectivity index (χ4n) is 3.33. The lowest BCUT2D eigenvalue weighted by molar-refractivity contribution is -0.181. The molecule has 0 aliphatic carbocycles. The molecular weight excluding hydrogens is 433 g/mol. The van der Waals surface area contributed by atoms with Crippen molar-refractivity contribution in [3.63, 3.8) is 0 Å². The van der Waals surface area contributed by atoms with Crippen LogP contribution in [0.25, 0.3) is 10.4 Å². The molecule has 1 fully saturated rings. The number of aromatic nitrogens is 2. The average Bonchev–Trinajstić information content (AvgIpc) is 3.33. The number of alkyl halides is 3. The first-order valence-electron chi connectivity index (χ1n) is 9.62. The SMILES string of the molecule is COC(=O)[C@@H]1CCCN1C(=O)Nc1nc(C)c(-c2ccnc(C(C)(C)C(F)(F)F)c2)s1. The van der Waals surface area contributed by atoms with E-state index in [1.807, 2.05) is 0 Å². The van der Waals surface area contributed by atoms with Gasteiger partial charge in [0.25, 0.3) is 0 Å². The van der Waals surface area contributed by atoms with E-state index in [0.717, 1.165) is 25.2 Å². The van der Waals surface area contributed by atoms with Crippen LogP contribution in [-0.4, -0.2) is 52.7 Å². The van der Waals surface area contributed by atoms with Gasteiger partial charge in [-0.05, 0) is 51.3 Å². The number of halogens is 3. The number of ether oxygens (including phenoxy) is 1. The first-order chi connectivity index (χ1) is 14.5. The highest BCUT2D eigenvalue weighted by Crippen LogP contribution is 2.41. The molecule has 1 aliphatic rings. The molecule has 3 heterocycles. The Kier molecular flexibility index (Phi) is 6.26. The zero-order valence-corrected chi connectivity index (χ0v) is 18.4. The van der Waals surface area contributed by atoms with E-state index >= 15 is 0 Å². The van der Waals surface area contributed by atoms with Crippen LogP contribution in [0.4, 0.5) is 23.1 Å². The molecule has 3 rings (SSSR count). The largest absolute Gasteiger partial charge is 0.467 e. The minimum absolute atomic E-state index is 0.103. The summed E-state index contributed by atoms with van der Waals surface area (Å²) >= 11 is 1.15. The predicted octanol–water partition coefficient (Wildman–Crippen LogP) is 4.52. The molecule has 11 heteroatoms. The summed E-state index contributed by atoms with van der Waals surface area (Å²) in [4.78, 5) is 34.8. The molecule has 0 spiro atoms. The van der Waals surface area contributed by atoms with Crippen molar-refractivity contribution >= 4 is 28.5 Å². The summed E-state index contributed by atoms with van der Waals surface area (Å²) in [5.74, 6) is -0.472. The third-order valence-electron chi connectivity index (χ3n) is 5.37. The Hall–Kier alpha value is -2.69. The van der Waals surface area contributed by atoms with Gasteiger partial charge in [-0.3, -0.25) is 10.3 Å². The van der Waals surface area contributed by atoms with Crippen LogP contribution >= 0.6 is 11.3 Å². The van der Waals surface area contributed by atoms with Gasteiger partial charge in [-0.25, -0.2) is 14.6 Å². The van der Waals surface area contributed by atoms with E-state index in [1.54, 1.807) is 13.0 Å². The summed E-state index contributed by atoms with van der Waals surface area (Å²) in [6, 6.07) is 1.89. The van der Waals surface area contributed by atoms with Gasteiger partial charge in [0.15, 0.2) is 5.13 Å². The Balaban J connectivity index is 1.83. The van der Waals surface area contributed by atoms with Crippen molar-refractivity contribution in [2.24, 2.45) is 0 Å². The molecule has 2 aromatic rings. The zero-order valence-electron chi connectivity index (χ0n) is 17.5. The normalized spacial score (nSPS) is 17.0. The van der Waals surface area contributed by atoms with Gasteiger partial charge < -0.3 is 9.64 Å². The lowest BCUT2D eigenvalue weighted by Crippen LogP contribution is -2.43. The number of aryl methyl sites for hydroxylation is 1. The number of nitrogens with one attached hydrogen (secondary N) is 1. The molecule has 1 atom stereocenters. The van der Waals surface area contributed by atoms with E-state index in [0.29, 0.717) is 40.7 Å². The Labute approximate surface area is 181 Å². The quantitative estimate of drug-likeness (QED) is 0.684. The molecule has 0 unspecified atom stereocenters. The number of pyridine rings is 1. The molecule has 1 N–H and O–H groups in total. The van der Waals surface area contributed by atoms with Crippen LogP contribution in [0.1, 0.15) is 38.1 Å². The second-order valence-corrected chi connectivity index (χ2v) is 8.79. The number of carbonyl (C=O) groups is 2. The number of esters is 1. The van der Waals surface area contributed by atoms with Gasteiger partial charge in [-0.1, -0.05) is 11.3 Å². The van der Waals surface area contributed by atoms with Crippen LogP contribution in [0, 0.1) is 6.92 Å². The third-order valence-corrected chi connectivity index (χ3v) is 6.49. The van der Waals surface area contributed by atoms with Crippen LogP contribution in [0.15, 0.2) is 18.3 Å². The van der Waals surface area contributed by atoms with Gasteiger partial charge in [-0.15, -0.1) is 0 Å². The maximum Gasteiger partial charge on any atom is 0.399 e. The Morgan fingerprint density at radius 3 is 2.68 bits per heavy atom. The standard InChI is InChI=1S/C20H23F3N4O3S/c1-11-15(12-7-8-24-14(10-12)19(2,3)20(21,22)23)31-17(25-11)26-18(29)27-9-5-6-13(27)16(28)30-4/h7-8,10,13H,5-6,9H2,1-4H3,(H,25,26,29)/t13-/m0/s1. The van der Waals surface area contributed by atoms with Crippen molar-refractivity contribution in [1.29, 1.82) is 0 Å². The summed E-state index contributed by atoms with van der Waals surface area (Å²) in [5.41, 5.74) is -1.12. The maximum absolute atomic E-state index is 13.4. The number of carbonyl (C=O) groups excluding carboxylic acids is 2. The topological polar surface area (TPSA) is 84.4 Å². The van der Waals surface area contributed by atoms with Gasteiger partial charge in [-0.2, -0.15) is 13.2 Å². The average molecular weight is 456 g/mol. The predicted molar refractivity (Wildman–Crippen MR) is 110 cm³/mol. The van der Waals surface area contributed by atoms with Crippen LogP contribution in [0.3, 0.4) is 0 Å². The molecule has 2 aromatic heterocycles. The van der Waals surface area contributed by atoms with Crippen LogP contribution < -0.4 is 5.32 Å². The summed E-state index contributed by atoms with van der Waals surface area (Å²) in [7, 11) is 1.27. The summed E-state index contributed by atoms with van der Waals surface area (Å²) < 4.78 is 45.0. The second-order valence-electron chi connectivity index (χ2n) is 7.79. The summed E-state index contributed by atoms with van der Waals surface area (Å²) in [5, 5.41) is 2.98. The summed E-state index contributed by atoms with van der Waals surface area (Å²) in [6.07, 6.45) is -1.91. The van der Waals surface area contributed by atoms with E-state index < -0.39 is 29.6 Å². The number of thiazole rings is 1. The number of hydrogen-bond donors (Lipinski definition) is 1. The summed E-state index contributed by atoms with van der Waals surface area (Å²) in [6.45, 7) is 4.29. The van der Waals surface area contributed by atoms with Crippen molar-refractivity contribution in [3.8, 4) is 10.4 Å². The number of amides is 2. The first kappa shape index (κ1) is 23.0. The van der Waals surface area contributed by atoms with E-state index in [4.69, 9.17) is 4.74 Å². The number of urea groups is 1. The van der Waals surface area contributed by atoms with Gasteiger partial charge in [0.2, 0.25) is 0 Å². The van der Waals surface area contributed by atoms with Crippen molar-refractivity contribution in [1.82, 2.24) is 14.9 Å². The smallest absolute Gasteiger partial charge is 0.399 e. The Morgan fingerprint density at radius 1 is 1.32 bits per heavy atom. The number of anilines is 1. The van der Waals surface area contributed by atoms with Crippen LogP contribution in [0.5, 0.6) is 0 Å². The van der Waals surface area contributed by atoms with Gasteiger partial charge in [0.1, 0.15) is 11.5 Å². The Morgan fingerprint density at radius 2 is 2.03 bits per heavy atom. The number of likely N-dealkylation sites (tertiary alicyclic amines) is 1. The molecule has 168 valence electrons. The fourth-order valence-corrected chi connectivity index (χ4v) is 4.28. The highest BCUT2D eigenvalue weighted by Gasteiger charge is 2.49. The first-order valence-corrected chi connectivity index (χ1v) is 10.4. The van der Waals surface area contributed by atoms with E-state index in [2.05, 4.69) is 15.3 Å². The van der Waals surface area contributed by atoms with E-state index in [9.17, 15) is 22.8 Å². The van der Waals surface area contributed by atoms with Crippen molar-refractivity contribution in [3.05, 3.63) is 29.7 Å². The molecule has 7 nitrogen and oxygen atoms in total. The molecule has 2 amide bonds. The van der Waals surface area contributed by atoms with Crippen molar-refractivity contribution in [2.75, 3.05) is 19.0 Å². The molecule has 1 aliphatic heterocycles. The van der Waals surface area contributed by atoms with Gasteiger partial charge >= 0.3 is 18.2 Å². The highest BCUT2D eigenvalue weighted by atomic mass is 32.1. The number of rotatable bonds is 4. The van der Waals surface area contributed by atoms with E-state index in [1.165, 1.54) is 24.3 Å². The number of hydrogen-bond acceptors (Lipinski definition) is 6. The lowest BCUT2D eigenvalue weighted by Gasteiger charge is -2.27. The Bertz CT molecular complexity index is 990. The van der Waals surface area contributed by atoms with Crippen molar-refractivity contribution in [2.45, 2.75) is 51.2 Å². The monoisotopic (exact) mass is 456 g/mol. The highest BCUT2D eigenvalue weighted by molar-refractivity contribution is 7.19. The maximum atomic E-state index is 13.4. The third kappa shape index (κ3) is 4.51. The molecule has 0 bridgehead atoms. The zero-order chi connectivity index (χ0) is 23.0. The van der Waals surface area contributed by atoms with Gasteiger partial charge in [0, 0.05) is 12.7 Å². The molecule has 0 saturated carbocycles. The molecular formula is C20H23F3N4O3S. The van der Waals surface area contributed by atoms with E-state index in [-0.39, 0.29) is 5.69 Å². The van der Waals surface area contributed by atoms with Gasteiger partial charge in [0.05, 0.1) is 23.4 Å². The van der Waals surface area contributed by atoms with Crippen LogP contribution in [-0.2, 0) is 14.9 Å². The molecule has 31 heavy (non-hydrogen) atoms. The molecule has 1 saturated heterocycles. The molecule has 0 radical (unpaired) electrons. The number of nitrogens with zero attached hydrogens (tertiary/aromatic N) is 3. The lowest BCUT2D eigenvalue weighted by atomic mass is 9.87. The second kappa shape index (κ2) is 8.45. The minimum Gasteiger partial charge on any atom is -0.467 e. The van der Waals surface area contributed by atoms with Crippen LogP contribution in [0.2, 0.25) is 0 Å². The fraction of sp³-hybridized carbons (Fsp3) is 0.500. The molecule has 0 aromatic carbocycles. The number of methoxy groups -OCH3 is 1. The minimum atomic E-state index is -4.45.